The van der Waals surface area contributed by atoms with Crippen molar-refractivity contribution >= 4 is 5.91 Å². The molecule has 0 aliphatic carbocycles. The van der Waals surface area contributed by atoms with Crippen LogP contribution in [0.15, 0.2) is 54.9 Å². The van der Waals surface area contributed by atoms with Gasteiger partial charge in [0.25, 0.3) is 5.91 Å². The summed E-state index contributed by atoms with van der Waals surface area (Å²) in [7, 11) is 0. The van der Waals surface area contributed by atoms with Crippen molar-refractivity contribution in [3.63, 3.8) is 0 Å². The second-order valence-corrected chi connectivity index (χ2v) is 5.15. The van der Waals surface area contributed by atoms with Crippen LogP contribution in [0, 0.1) is 0 Å². The zero-order valence-corrected chi connectivity index (χ0v) is 12.7. The number of tetrazole rings is 1. The molecule has 0 atom stereocenters. The van der Waals surface area contributed by atoms with Gasteiger partial charge in [-0.1, -0.05) is 24.3 Å². The first kappa shape index (κ1) is 16.6. The van der Waals surface area contributed by atoms with Gasteiger partial charge in [0, 0.05) is 6.54 Å². The molecule has 3 aromatic rings. The minimum absolute atomic E-state index is 0.0981. The van der Waals surface area contributed by atoms with E-state index < -0.39 is 11.7 Å². The standard InChI is InChI=1S/C16H12F3N5O/c17-16(18,19)12-7-5-11(6-8-12)9-20-15(25)13-3-1-2-4-14(13)24-10-21-22-23-24/h1-8,10H,9H2,(H,20,25). The predicted molar refractivity (Wildman–Crippen MR) is 81.8 cm³/mol. The Balaban J connectivity index is 1.72. The maximum atomic E-state index is 12.5. The Morgan fingerprint density at radius 2 is 1.80 bits per heavy atom. The predicted octanol–water partition coefficient (Wildman–Crippen LogP) is 2.61. The Morgan fingerprint density at radius 3 is 2.44 bits per heavy atom. The number of carbonyl (C=O) groups is 1. The van der Waals surface area contributed by atoms with Crippen molar-refractivity contribution in [3.8, 4) is 5.69 Å². The highest BCUT2D eigenvalue weighted by Gasteiger charge is 2.29. The summed E-state index contributed by atoms with van der Waals surface area (Å²) in [6.45, 7) is 0.0981. The van der Waals surface area contributed by atoms with Gasteiger partial charge in [0.1, 0.15) is 6.33 Å². The molecule has 3 rings (SSSR count). The Kier molecular flexibility index (Phi) is 4.46. The van der Waals surface area contributed by atoms with E-state index in [9.17, 15) is 18.0 Å². The highest BCUT2D eigenvalue weighted by Crippen LogP contribution is 2.29. The second kappa shape index (κ2) is 6.71. The van der Waals surface area contributed by atoms with Crippen LogP contribution in [0.4, 0.5) is 13.2 Å². The lowest BCUT2D eigenvalue weighted by Crippen LogP contribution is -2.24. The SMILES string of the molecule is O=C(NCc1ccc(C(F)(F)F)cc1)c1ccccc1-n1cnnn1. The third kappa shape index (κ3) is 3.82. The van der Waals surface area contributed by atoms with Gasteiger partial charge >= 0.3 is 6.18 Å². The van der Waals surface area contributed by atoms with Crippen molar-refractivity contribution in [3.05, 3.63) is 71.5 Å². The molecule has 0 aliphatic heterocycles. The topological polar surface area (TPSA) is 72.7 Å². The van der Waals surface area contributed by atoms with Crippen molar-refractivity contribution in [2.45, 2.75) is 12.7 Å². The van der Waals surface area contributed by atoms with Gasteiger partial charge in [0.2, 0.25) is 0 Å². The number of nitrogens with one attached hydrogen (secondary N) is 1. The first-order valence-electron chi connectivity index (χ1n) is 7.22. The summed E-state index contributed by atoms with van der Waals surface area (Å²) < 4.78 is 39.0. The molecule has 2 aromatic carbocycles. The number of hydrogen-bond donors (Lipinski definition) is 1. The molecular weight excluding hydrogens is 335 g/mol. The van der Waals surface area contributed by atoms with Crippen LogP contribution in [0.5, 0.6) is 0 Å². The molecule has 9 heteroatoms. The summed E-state index contributed by atoms with van der Waals surface area (Å²) in [5.41, 5.74) is 0.673. The highest BCUT2D eigenvalue weighted by atomic mass is 19.4. The fraction of sp³-hybridized carbons (Fsp3) is 0.125. The molecule has 0 bridgehead atoms. The fourth-order valence-electron chi connectivity index (χ4n) is 2.23. The first-order chi connectivity index (χ1) is 11.9. The number of carbonyl (C=O) groups excluding carboxylic acids is 1. The summed E-state index contributed by atoms with van der Waals surface area (Å²) in [4.78, 5) is 12.4. The number of halogens is 3. The van der Waals surface area contributed by atoms with Gasteiger partial charge in [-0.05, 0) is 40.3 Å². The minimum atomic E-state index is -4.38. The molecule has 0 unspecified atom stereocenters. The van der Waals surface area contributed by atoms with Crippen LogP contribution >= 0.6 is 0 Å². The maximum absolute atomic E-state index is 12.5. The van der Waals surface area contributed by atoms with Gasteiger partial charge in [-0.15, -0.1) is 5.10 Å². The number of amides is 1. The van der Waals surface area contributed by atoms with Crippen molar-refractivity contribution < 1.29 is 18.0 Å². The Bertz CT molecular complexity index is 860. The van der Waals surface area contributed by atoms with E-state index in [1.165, 1.54) is 23.1 Å². The summed E-state index contributed by atoms with van der Waals surface area (Å²) in [5, 5.41) is 13.5. The minimum Gasteiger partial charge on any atom is -0.348 e. The van der Waals surface area contributed by atoms with Crippen molar-refractivity contribution in [2.75, 3.05) is 0 Å². The van der Waals surface area contributed by atoms with Crippen LogP contribution in [0.2, 0.25) is 0 Å². The van der Waals surface area contributed by atoms with Gasteiger partial charge < -0.3 is 5.32 Å². The van der Waals surface area contributed by atoms with Crippen molar-refractivity contribution in [1.29, 1.82) is 0 Å². The highest BCUT2D eigenvalue weighted by molar-refractivity contribution is 5.97. The van der Waals surface area contributed by atoms with Crippen molar-refractivity contribution in [2.24, 2.45) is 0 Å². The Labute approximate surface area is 140 Å². The van der Waals surface area contributed by atoms with Crippen LogP contribution in [0.3, 0.4) is 0 Å². The number of alkyl halides is 3. The number of para-hydroxylation sites is 1. The largest absolute Gasteiger partial charge is 0.416 e. The lowest BCUT2D eigenvalue weighted by molar-refractivity contribution is -0.137. The van der Waals surface area contributed by atoms with E-state index in [-0.39, 0.29) is 12.5 Å². The van der Waals surface area contributed by atoms with E-state index in [0.717, 1.165) is 12.1 Å². The van der Waals surface area contributed by atoms with Crippen molar-refractivity contribution in [1.82, 2.24) is 25.5 Å². The molecule has 6 nitrogen and oxygen atoms in total. The normalized spacial score (nSPS) is 11.3. The summed E-state index contributed by atoms with van der Waals surface area (Å²) in [6, 6.07) is 11.4. The van der Waals surface area contributed by atoms with E-state index in [2.05, 4.69) is 20.8 Å². The molecule has 25 heavy (non-hydrogen) atoms. The van der Waals surface area contributed by atoms with E-state index in [1.54, 1.807) is 24.3 Å². The van der Waals surface area contributed by atoms with Crippen LogP contribution < -0.4 is 5.32 Å². The number of rotatable bonds is 4. The molecule has 0 fully saturated rings. The average molecular weight is 347 g/mol. The zero-order valence-electron chi connectivity index (χ0n) is 12.7. The van der Waals surface area contributed by atoms with E-state index in [4.69, 9.17) is 0 Å². The molecule has 1 heterocycles. The van der Waals surface area contributed by atoms with Gasteiger partial charge in [0.05, 0.1) is 16.8 Å². The molecule has 0 spiro atoms. The average Bonchev–Trinajstić information content (AvgIpc) is 3.14. The number of aromatic nitrogens is 4. The molecule has 0 saturated carbocycles. The van der Waals surface area contributed by atoms with Crippen LogP contribution in [-0.4, -0.2) is 26.1 Å². The third-order valence-electron chi connectivity index (χ3n) is 3.48. The summed E-state index contributed by atoms with van der Waals surface area (Å²) >= 11 is 0. The number of hydrogen-bond acceptors (Lipinski definition) is 4. The first-order valence-corrected chi connectivity index (χ1v) is 7.22. The fourth-order valence-corrected chi connectivity index (χ4v) is 2.23. The van der Waals surface area contributed by atoms with Crippen LogP contribution in [0.1, 0.15) is 21.5 Å². The molecular formula is C16H12F3N5O. The zero-order chi connectivity index (χ0) is 17.9. The van der Waals surface area contributed by atoms with E-state index in [0.29, 0.717) is 16.8 Å². The quantitative estimate of drug-likeness (QED) is 0.787. The maximum Gasteiger partial charge on any atom is 0.416 e. The van der Waals surface area contributed by atoms with Crippen LogP contribution in [-0.2, 0) is 12.7 Å². The second-order valence-electron chi connectivity index (χ2n) is 5.15. The summed E-state index contributed by atoms with van der Waals surface area (Å²) in [5.74, 6) is -0.383. The van der Waals surface area contributed by atoms with Crippen LogP contribution in [0.25, 0.3) is 5.69 Å². The molecule has 1 aromatic heterocycles. The Hall–Kier alpha value is -3.23. The van der Waals surface area contributed by atoms with E-state index in [1.807, 2.05) is 0 Å². The smallest absolute Gasteiger partial charge is 0.348 e. The van der Waals surface area contributed by atoms with Gasteiger partial charge in [-0.2, -0.15) is 17.9 Å². The molecule has 0 saturated heterocycles. The molecule has 128 valence electrons. The summed E-state index contributed by atoms with van der Waals surface area (Å²) in [6.07, 6.45) is -3.02. The number of nitrogens with zero attached hydrogens (tertiary/aromatic N) is 4. The molecule has 0 radical (unpaired) electrons. The molecule has 1 amide bonds. The lowest BCUT2D eigenvalue weighted by atomic mass is 10.1. The Morgan fingerprint density at radius 1 is 1.08 bits per heavy atom. The number of benzene rings is 2. The van der Waals surface area contributed by atoms with E-state index >= 15 is 0 Å². The lowest BCUT2D eigenvalue weighted by Gasteiger charge is -2.10. The third-order valence-corrected chi connectivity index (χ3v) is 3.48. The van der Waals surface area contributed by atoms with Gasteiger partial charge in [0.15, 0.2) is 0 Å². The molecule has 0 aliphatic rings. The monoisotopic (exact) mass is 347 g/mol. The van der Waals surface area contributed by atoms with Gasteiger partial charge in [-0.25, -0.2) is 0 Å². The van der Waals surface area contributed by atoms with Gasteiger partial charge in [-0.3, -0.25) is 4.79 Å². The molecule has 1 N–H and O–H groups in total.